The van der Waals surface area contributed by atoms with Crippen LogP contribution in [0.4, 0.5) is 15.1 Å². The van der Waals surface area contributed by atoms with Crippen molar-refractivity contribution >= 4 is 65.3 Å². The Morgan fingerprint density at radius 3 is 2.71 bits per heavy atom. The molecule has 2 aromatic carbocycles. The maximum atomic E-state index is 16.0. The minimum absolute atomic E-state index is 0.110. The van der Waals surface area contributed by atoms with Gasteiger partial charge in [0.15, 0.2) is 9.84 Å². The van der Waals surface area contributed by atoms with Crippen molar-refractivity contribution in [2.45, 2.75) is 5.00 Å². The van der Waals surface area contributed by atoms with Gasteiger partial charge in [-0.2, -0.15) is 0 Å². The van der Waals surface area contributed by atoms with Crippen LogP contribution in [-0.2, 0) is 14.8 Å². The van der Waals surface area contributed by atoms with Crippen LogP contribution in [0.1, 0.15) is 15.4 Å². The van der Waals surface area contributed by atoms with E-state index >= 15 is 4.39 Å². The summed E-state index contributed by atoms with van der Waals surface area (Å²) in [4.78, 5) is 18.1. The maximum absolute atomic E-state index is 16.0. The molecule has 2 heterocycles. The molecule has 6 nitrogen and oxygen atoms in total. The highest BCUT2D eigenvalue weighted by molar-refractivity contribution is 9.10. The summed E-state index contributed by atoms with van der Waals surface area (Å²) in [5, 5.41) is 0.902. The van der Waals surface area contributed by atoms with Crippen LogP contribution in [0.2, 0.25) is 5.02 Å². The number of hydrogen-bond donors (Lipinski definition) is 1. The number of sulfone groups is 1. The molecular weight excluding hydrogens is 529 g/mol. The molecule has 162 valence electrons. The highest BCUT2D eigenvalue weighted by Crippen LogP contribution is 2.41. The zero-order valence-electron chi connectivity index (χ0n) is 15.9. The van der Waals surface area contributed by atoms with Crippen molar-refractivity contribution in [1.29, 1.82) is 0 Å². The molecule has 0 saturated carbocycles. The van der Waals surface area contributed by atoms with Crippen LogP contribution in [-0.4, -0.2) is 43.1 Å². The van der Waals surface area contributed by atoms with Crippen molar-refractivity contribution in [3.05, 3.63) is 74.8 Å². The average Bonchev–Trinajstić information content (AvgIpc) is 3.21. The Bertz CT molecular complexity index is 1240. The monoisotopic (exact) mass is 543 g/mol. The second kappa shape index (κ2) is 8.50. The number of nitrogens with one attached hydrogen (secondary N) is 1. The fourth-order valence-electron chi connectivity index (χ4n) is 3.17. The van der Waals surface area contributed by atoms with Crippen molar-refractivity contribution in [1.82, 2.24) is 9.88 Å². The molecule has 1 atom stereocenters. The van der Waals surface area contributed by atoms with E-state index in [-0.39, 0.29) is 17.1 Å². The van der Waals surface area contributed by atoms with E-state index in [2.05, 4.69) is 26.2 Å². The molecule has 0 bridgehead atoms. The van der Waals surface area contributed by atoms with Gasteiger partial charge in [0.05, 0.1) is 23.5 Å². The smallest absolute Gasteiger partial charge is 0.278 e. The van der Waals surface area contributed by atoms with Crippen molar-refractivity contribution in [3.63, 3.8) is 0 Å². The number of alkyl halides is 1. The molecule has 1 fully saturated rings. The molecule has 1 aromatic heterocycles. The van der Waals surface area contributed by atoms with E-state index in [1.807, 2.05) is 30.3 Å². The zero-order chi connectivity index (χ0) is 22.2. The number of rotatable bonds is 4. The van der Waals surface area contributed by atoms with E-state index in [1.165, 1.54) is 17.2 Å². The third-order valence-electron chi connectivity index (χ3n) is 4.84. The minimum atomic E-state index is -4.17. The Balaban J connectivity index is 1.61. The van der Waals surface area contributed by atoms with Crippen LogP contribution in [0.5, 0.6) is 0 Å². The second-order valence-electron chi connectivity index (χ2n) is 6.92. The lowest BCUT2D eigenvalue weighted by Gasteiger charge is -2.35. The van der Waals surface area contributed by atoms with Gasteiger partial charge in [-0.3, -0.25) is 4.79 Å². The van der Waals surface area contributed by atoms with Crippen LogP contribution in [0.25, 0.3) is 0 Å². The second-order valence-corrected chi connectivity index (χ2v) is 11.5. The van der Waals surface area contributed by atoms with Crippen molar-refractivity contribution in [3.8, 4) is 0 Å². The number of benzene rings is 2. The van der Waals surface area contributed by atoms with Crippen molar-refractivity contribution < 1.29 is 17.6 Å². The maximum Gasteiger partial charge on any atom is 0.278 e. The number of thiazole rings is 1. The number of para-hydroxylation sites is 1. The molecule has 1 aliphatic heterocycles. The van der Waals surface area contributed by atoms with E-state index in [1.54, 1.807) is 12.1 Å². The van der Waals surface area contributed by atoms with Gasteiger partial charge in [-0.25, -0.2) is 17.8 Å². The molecule has 4 rings (SSSR count). The number of anilines is 2. The van der Waals surface area contributed by atoms with Crippen LogP contribution >= 0.6 is 38.9 Å². The fraction of sp³-hybridized carbons (Fsp3) is 0.200. The van der Waals surface area contributed by atoms with Gasteiger partial charge in [0.1, 0.15) is 10.0 Å². The lowest BCUT2D eigenvalue weighted by atomic mass is 10.2. The van der Waals surface area contributed by atoms with Gasteiger partial charge in [0.2, 0.25) is 0 Å². The number of amides is 1. The third kappa shape index (κ3) is 4.34. The van der Waals surface area contributed by atoms with E-state index < -0.39 is 33.0 Å². The van der Waals surface area contributed by atoms with E-state index in [9.17, 15) is 13.2 Å². The molecule has 0 unspecified atom stereocenters. The van der Waals surface area contributed by atoms with E-state index in [0.29, 0.717) is 14.5 Å². The number of carbonyl (C=O) groups is 1. The van der Waals surface area contributed by atoms with Crippen LogP contribution in [0.3, 0.4) is 0 Å². The quantitative estimate of drug-likeness (QED) is 0.500. The standard InChI is InChI=1S/C20H16BrClFN3O3S2/c21-15-7-6-13(10-16(15)22)18(27)26-8-9-31(28,29)20(23,12-26)19-24-11-17(30-19)25-14-4-2-1-3-5-14/h1-7,10-11,25H,8-9,12H2/t20-/m0/s1. The number of carbonyl (C=O) groups excluding carboxylic acids is 1. The van der Waals surface area contributed by atoms with Gasteiger partial charge in [0, 0.05) is 22.3 Å². The largest absolute Gasteiger partial charge is 0.346 e. The molecule has 3 aromatic rings. The molecular formula is C20H16BrClFN3O3S2. The number of nitrogens with zero attached hydrogens (tertiary/aromatic N) is 2. The summed E-state index contributed by atoms with van der Waals surface area (Å²) in [6.45, 7) is -0.749. The molecule has 11 heteroatoms. The number of hydrogen-bond acceptors (Lipinski definition) is 6. The minimum Gasteiger partial charge on any atom is -0.346 e. The lowest BCUT2D eigenvalue weighted by molar-refractivity contribution is 0.0666. The first-order valence-electron chi connectivity index (χ1n) is 9.13. The van der Waals surface area contributed by atoms with Gasteiger partial charge in [0.25, 0.3) is 10.9 Å². The Labute approximate surface area is 196 Å². The van der Waals surface area contributed by atoms with Gasteiger partial charge in [-0.15, -0.1) is 0 Å². The van der Waals surface area contributed by atoms with Gasteiger partial charge >= 0.3 is 0 Å². The Kier molecular flexibility index (Phi) is 6.08. The van der Waals surface area contributed by atoms with Gasteiger partial charge in [-0.1, -0.05) is 41.1 Å². The summed E-state index contributed by atoms with van der Waals surface area (Å²) in [6, 6.07) is 13.8. The first-order chi connectivity index (χ1) is 14.7. The third-order valence-corrected chi connectivity index (χ3v) is 9.28. The van der Waals surface area contributed by atoms with Crippen LogP contribution < -0.4 is 5.32 Å². The lowest BCUT2D eigenvalue weighted by Crippen LogP contribution is -2.53. The predicted octanol–water partition coefficient (Wildman–Crippen LogP) is 5.00. The molecule has 1 aliphatic rings. The Morgan fingerprint density at radius 2 is 2.00 bits per heavy atom. The first kappa shape index (κ1) is 22.2. The van der Waals surface area contributed by atoms with Crippen molar-refractivity contribution in [2.75, 3.05) is 24.2 Å². The topological polar surface area (TPSA) is 79.4 Å². The average molecular weight is 545 g/mol. The SMILES string of the molecule is O=C(c1ccc(Br)c(Cl)c1)N1CCS(=O)(=O)[C@](F)(c2ncc(Nc3ccccc3)s2)C1. The highest BCUT2D eigenvalue weighted by atomic mass is 79.9. The van der Waals surface area contributed by atoms with E-state index in [4.69, 9.17) is 11.6 Å². The molecule has 1 amide bonds. The normalized spacial score (nSPS) is 20.4. The number of halogens is 3. The molecule has 0 spiro atoms. The zero-order valence-corrected chi connectivity index (χ0v) is 19.9. The van der Waals surface area contributed by atoms with Gasteiger partial charge in [-0.05, 0) is 46.3 Å². The molecule has 1 saturated heterocycles. The first-order valence-corrected chi connectivity index (χ1v) is 12.8. The fourth-order valence-corrected chi connectivity index (χ4v) is 6.36. The van der Waals surface area contributed by atoms with Crippen LogP contribution in [0.15, 0.2) is 59.2 Å². The van der Waals surface area contributed by atoms with Crippen LogP contribution in [0, 0.1) is 0 Å². The van der Waals surface area contributed by atoms with Crippen molar-refractivity contribution in [2.24, 2.45) is 0 Å². The summed E-state index contributed by atoms with van der Waals surface area (Å²) in [5.41, 5.74) is 1.02. The van der Waals surface area contributed by atoms with E-state index in [0.717, 1.165) is 17.0 Å². The number of aromatic nitrogens is 1. The molecule has 0 aliphatic carbocycles. The van der Waals surface area contributed by atoms with Gasteiger partial charge < -0.3 is 10.2 Å². The summed E-state index contributed by atoms with van der Waals surface area (Å²) in [7, 11) is -4.17. The highest BCUT2D eigenvalue weighted by Gasteiger charge is 2.53. The predicted molar refractivity (Wildman–Crippen MR) is 123 cm³/mol. The Morgan fingerprint density at radius 1 is 1.26 bits per heavy atom. The summed E-state index contributed by atoms with van der Waals surface area (Å²) < 4.78 is 42.0. The molecule has 1 N–H and O–H groups in total. The summed E-state index contributed by atoms with van der Waals surface area (Å²) >= 11 is 10.2. The Hall–Kier alpha value is -2.01. The molecule has 0 radical (unpaired) electrons. The summed E-state index contributed by atoms with van der Waals surface area (Å²) in [6.07, 6.45) is 1.39. The summed E-state index contributed by atoms with van der Waals surface area (Å²) in [5.74, 6) is -0.994. The molecule has 31 heavy (non-hydrogen) atoms.